The van der Waals surface area contributed by atoms with E-state index in [9.17, 15) is 14.4 Å². The molecule has 1 atom stereocenters. The number of carbonyl (C=O) groups is 3. The van der Waals surface area contributed by atoms with Gasteiger partial charge in [0.2, 0.25) is 5.91 Å². The van der Waals surface area contributed by atoms with Crippen LogP contribution in [0.4, 0.5) is 0 Å². The maximum absolute atomic E-state index is 13.7. The van der Waals surface area contributed by atoms with Crippen molar-refractivity contribution in [2.45, 2.75) is 84.0 Å². The minimum Gasteiger partial charge on any atom is -0.461 e. The Bertz CT molecular complexity index is 1060. The van der Waals surface area contributed by atoms with Gasteiger partial charge in [-0.2, -0.15) is 5.10 Å². The Labute approximate surface area is 200 Å². The molecule has 8 heteroatoms. The highest BCUT2D eigenvalue weighted by Gasteiger charge is 2.48. The number of nitrogens with one attached hydrogen (secondary N) is 1. The van der Waals surface area contributed by atoms with Crippen LogP contribution >= 0.6 is 0 Å². The number of esters is 1. The van der Waals surface area contributed by atoms with E-state index in [1.54, 1.807) is 18.7 Å². The number of hydrogen-bond acceptors (Lipinski definition) is 5. The van der Waals surface area contributed by atoms with E-state index in [2.05, 4.69) is 17.3 Å². The normalized spacial score (nSPS) is 20.7. The van der Waals surface area contributed by atoms with Crippen molar-refractivity contribution >= 4 is 17.8 Å². The van der Waals surface area contributed by atoms with E-state index in [1.165, 1.54) is 22.7 Å². The topological polar surface area (TPSA) is 93.5 Å². The number of fused-ring (bicyclic) bond motifs is 1. The van der Waals surface area contributed by atoms with Crippen molar-refractivity contribution in [2.75, 3.05) is 6.61 Å². The number of carbonyl (C=O) groups excluding carboxylic acids is 3. The van der Waals surface area contributed by atoms with Crippen LogP contribution in [0.1, 0.15) is 85.0 Å². The molecule has 1 aliphatic heterocycles. The molecule has 0 spiro atoms. The molecular weight excluding hydrogens is 432 g/mol. The molecule has 34 heavy (non-hydrogen) atoms. The molecule has 0 bridgehead atoms. The third-order valence-corrected chi connectivity index (χ3v) is 6.98. The minimum absolute atomic E-state index is 0.0781. The van der Waals surface area contributed by atoms with E-state index < -0.39 is 11.5 Å². The lowest BCUT2D eigenvalue weighted by molar-refractivity contribution is -0.134. The lowest BCUT2D eigenvalue weighted by atomic mass is 9.91. The van der Waals surface area contributed by atoms with Crippen molar-refractivity contribution in [3.05, 3.63) is 52.8 Å². The number of benzene rings is 1. The maximum Gasteiger partial charge on any atom is 0.358 e. The van der Waals surface area contributed by atoms with Crippen LogP contribution in [0.15, 0.2) is 30.3 Å². The van der Waals surface area contributed by atoms with Gasteiger partial charge in [0, 0.05) is 18.7 Å². The Morgan fingerprint density at radius 1 is 1.12 bits per heavy atom. The summed E-state index contributed by atoms with van der Waals surface area (Å²) in [6, 6.07) is 9.68. The molecule has 0 saturated heterocycles. The first-order valence-electron chi connectivity index (χ1n) is 12.3. The molecule has 0 unspecified atom stereocenters. The molecule has 1 aromatic carbocycles. The Balaban J connectivity index is 1.67. The van der Waals surface area contributed by atoms with Gasteiger partial charge >= 0.3 is 5.97 Å². The molecule has 1 fully saturated rings. The lowest BCUT2D eigenvalue weighted by Gasteiger charge is -2.44. The Hall–Kier alpha value is -3.16. The highest BCUT2D eigenvalue weighted by Crippen LogP contribution is 2.30. The van der Waals surface area contributed by atoms with Crippen molar-refractivity contribution in [1.82, 2.24) is 20.0 Å². The predicted octanol–water partition coefficient (Wildman–Crippen LogP) is 3.49. The summed E-state index contributed by atoms with van der Waals surface area (Å²) >= 11 is 0. The average molecular weight is 467 g/mol. The first-order chi connectivity index (χ1) is 16.4. The highest BCUT2D eigenvalue weighted by molar-refractivity contribution is 6.01. The fourth-order valence-electron chi connectivity index (χ4n) is 4.85. The van der Waals surface area contributed by atoms with E-state index in [0.29, 0.717) is 0 Å². The van der Waals surface area contributed by atoms with Crippen LogP contribution in [-0.2, 0) is 29.0 Å². The van der Waals surface area contributed by atoms with Crippen LogP contribution in [0.5, 0.6) is 0 Å². The number of aromatic nitrogens is 2. The Morgan fingerprint density at radius 3 is 2.44 bits per heavy atom. The number of hydrogen-bond donors (Lipinski definition) is 1. The van der Waals surface area contributed by atoms with Gasteiger partial charge in [0.25, 0.3) is 5.91 Å². The van der Waals surface area contributed by atoms with Gasteiger partial charge in [-0.1, -0.05) is 50.5 Å². The zero-order chi connectivity index (χ0) is 24.3. The zero-order valence-electron chi connectivity index (χ0n) is 20.3. The summed E-state index contributed by atoms with van der Waals surface area (Å²) in [5.74, 6) is -1.08. The monoisotopic (exact) mass is 466 g/mol. The van der Waals surface area contributed by atoms with Crippen LogP contribution in [0.2, 0.25) is 0 Å². The predicted molar refractivity (Wildman–Crippen MR) is 127 cm³/mol. The van der Waals surface area contributed by atoms with Crippen molar-refractivity contribution in [3.63, 3.8) is 0 Å². The van der Waals surface area contributed by atoms with E-state index in [4.69, 9.17) is 4.74 Å². The summed E-state index contributed by atoms with van der Waals surface area (Å²) in [5, 5.41) is 7.52. The number of nitrogens with zero attached hydrogens (tertiary/aromatic N) is 3. The van der Waals surface area contributed by atoms with Gasteiger partial charge in [-0.05, 0) is 44.2 Å². The van der Waals surface area contributed by atoms with Crippen LogP contribution < -0.4 is 5.32 Å². The smallest absolute Gasteiger partial charge is 0.358 e. The third kappa shape index (κ3) is 4.72. The molecule has 2 amide bonds. The fourth-order valence-corrected chi connectivity index (χ4v) is 4.85. The number of rotatable bonds is 7. The molecular formula is C26H34N4O4. The third-order valence-electron chi connectivity index (χ3n) is 6.98. The molecule has 1 N–H and O–H groups in total. The van der Waals surface area contributed by atoms with Crippen molar-refractivity contribution < 1.29 is 19.1 Å². The average Bonchev–Trinajstić information content (AvgIpc) is 3.27. The molecule has 1 aliphatic carbocycles. The second-order valence-corrected chi connectivity index (χ2v) is 9.44. The van der Waals surface area contributed by atoms with Gasteiger partial charge < -0.3 is 15.0 Å². The lowest BCUT2D eigenvalue weighted by Crippen LogP contribution is -2.64. The summed E-state index contributed by atoms with van der Waals surface area (Å²) in [6.07, 6.45) is 6.22. The highest BCUT2D eigenvalue weighted by atomic mass is 16.5. The summed E-state index contributed by atoms with van der Waals surface area (Å²) in [6.45, 7) is 6.28. The van der Waals surface area contributed by atoms with Crippen molar-refractivity contribution in [2.24, 2.45) is 0 Å². The van der Waals surface area contributed by atoms with Gasteiger partial charge in [-0.3, -0.25) is 14.3 Å². The number of aryl methyl sites for hydroxylation is 1. The van der Waals surface area contributed by atoms with Gasteiger partial charge in [-0.25, -0.2) is 4.79 Å². The van der Waals surface area contributed by atoms with Gasteiger partial charge in [-0.15, -0.1) is 0 Å². The van der Waals surface area contributed by atoms with Gasteiger partial charge in [0.15, 0.2) is 5.69 Å². The summed E-state index contributed by atoms with van der Waals surface area (Å²) in [7, 11) is 0. The first-order valence-corrected chi connectivity index (χ1v) is 12.3. The molecule has 1 saturated carbocycles. The van der Waals surface area contributed by atoms with E-state index >= 15 is 0 Å². The molecule has 1 aromatic heterocycles. The summed E-state index contributed by atoms with van der Waals surface area (Å²) in [4.78, 5) is 41.2. The van der Waals surface area contributed by atoms with Crippen LogP contribution in [0.25, 0.3) is 0 Å². The van der Waals surface area contributed by atoms with E-state index in [1.807, 2.05) is 24.3 Å². The summed E-state index contributed by atoms with van der Waals surface area (Å²) in [5.41, 5.74) is 1.37. The minimum atomic E-state index is -1.15. The van der Waals surface area contributed by atoms with E-state index in [0.717, 1.165) is 37.7 Å². The molecule has 0 radical (unpaired) electrons. The second-order valence-electron chi connectivity index (χ2n) is 9.44. The van der Waals surface area contributed by atoms with E-state index in [-0.39, 0.29) is 48.9 Å². The van der Waals surface area contributed by atoms with Crippen molar-refractivity contribution in [1.29, 1.82) is 0 Å². The standard InChI is InChI=1S/C26H34N4O4/c1-4-18-11-13-19(14-12-18)16-29-23(31)22-15-21(24(32)34-5-2)28-30(22)17-26(29,3)25(33)27-20-9-7-6-8-10-20/h11-15,20H,4-10,16-17H2,1-3H3,(H,27,33)/t26-/m1/s1. The Kier molecular flexibility index (Phi) is 7.05. The molecule has 2 aromatic rings. The summed E-state index contributed by atoms with van der Waals surface area (Å²) < 4.78 is 6.54. The Morgan fingerprint density at radius 2 is 1.79 bits per heavy atom. The number of ether oxygens (including phenoxy) is 1. The van der Waals surface area contributed by atoms with Crippen LogP contribution in [0.3, 0.4) is 0 Å². The quantitative estimate of drug-likeness (QED) is 0.631. The maximum atomic E-state index is 13.7. The molecule has 8 nitrogen and oxygen atoms in total. The molecule has 182 valence electrons. The van der Waals surface area contributed by atoms with Gasteiger partial charge in [0.1, 0.15) is 11.2 Å². The van der Waals surface area contributed by atoms with Crippen LogP contribution in [0, 0.1) is 0 Å². The molecule has 4 rings (SSSR count). The largest absolute Gasteiger partial charge is 0.461 e. The number of amides is 2. The zero-order valence-corrected chi connectivity index (χ0v) is 20.3. The fraction of sp³-hybridized carbons (Fsp3) is 0.538. The molecule has 2 heterocycles. The van der Waals surface area contributed by atoms with Gasteiger partial charge in [0.05, 0.1) is 13.2 Å². The first kappa shape index (κ1) is 24.0. The molecule has 2 aliphatic rings. The second kappa shape index (κ2) is 9.99. The van der Waals surface area contributed by atoms with Crippen LogP contribution in [-0.4, -0.2) is 50.7 Å². The SMILES string of the molecule is CCOC(=O)c1cc2n(n1)C[C@](C)(C(=O)NC1CCCCC1)N(Cc1ccc(CC)cc1)C2=O. The van der Waals surface area contributed by atoms with Crippen molar-refractivity contribution in [3.8, 4) is 0 Å².